The molecule has 0 amide bonds. The van der Waals surface area contributed by atoms with Crippen LogP contribution in [0.15, 0.2) is 44.0 Å². The molecule has 3 aromatic rings. The van der Waals surface area contributed by atoms with Crippen molar-refractivity contribution in [2.75, 3.05) is 6.79 Å². The lowest BCUT2D eigenvalue weighted by Crippen LogP contribution is -2.37. The standard InChI is InChI=1S/C18H17BrN4O4S/c1-4-5-23-14-15(21(2)18(25)22(3)16(14)24)20-17(23)28-8-10-6-12-13(7-11(10)19)27-9-26-12/h4,6-7H,1,5,8-9H2,2-3H3. The molecule has 0 bridgehead atoms. The Balaban J connectivity index is 1.77. The van der Waals surface area contributed by atoms with Gasteiger partial charge in [-0.05, 0) is 17.7 Å². The largest absolute Gasteiger partial charge is 0.454 e. The van der Waals surface area contributed by atoms with E-state index in [0.717, 1.165) is 14.6 Å². The lowest BCUT2D eigenvalue weighted by molar-refractivity contribution is 0.174. The first-order chi connectivity index (χ1) is 13.4. The van der Waals surface area contributed by atoms with Crippen LogP contribution in [0.1, 0.15) is 5.56 Å². The van der Waals surface area contributed by atoms with Crippen LogP contribution in [0.25, 0.3) is 11.2 Å². The molecule has 10 heteroatoms. The average Bonchev–Trinajstić information content (AvgIpc) is 3.27. The summed E-state index contributed by atoms with van der Waals surface area (Å²) in [5.74, 6) is 2.00. The summed E-state index contributed by atoms with van der Waals surface area (Å²) < 4.78 is 16.0. The molecule has 0 spiro atoms. The Morgan fingerprint density at radius 1 is 1.25 bits per heavy atom. The van der Waals surface area contributed by atoms with E-state index in [2.05, 4.69) is 27.5 Å². The van der Waals surface area contributed by atoms with Gasteiger partial charge in [0.25, 0.3) is 5.56 Å². The molecular weight excluding hydrogens is 448 g/mol. The fourth-order valence-electron chi connectivity index (χ4n) is 3.05. The zero-order valence-electron chi connectivity index (χ0n) is 15.3. The molecule has 0 fully saturated rings. The van der Waals surface area contributed by atoms with E-state index in [0.29, 0.717) is 40.1 Å². The topological polar surface area (TPSA) is 80.3 Å². The summed E-state index contributed by atoms with van der Waals surface area (Å²) in [5, 5.41) is 0.637. The highest BCUT2D eigenvalue weighted by molar-refractivity contribution is 9.10. The van der Waals surface area contributed by atoms with Crippen molar-refractivity contribution >= 4 is 38.9 Å². The van der Waals surface area contributed by atoms with Crippen molar-refractivity contribution < 1.29 is 9.47 Å². The van der Waals surface area contributed by atoms with Gasteiger partial charge in [-0.15, -0.1) is 6.58 Å². The van der Waals surface area contributed by atoms with Crippen molar-refractivity contribution in [1.29, 1.82) is 0 Å². The highest BCUT2D eigenvalue weighted by Gasteiger charge is 2.20. The molecule has 0 unspecified atom stereocenters. The van der Waals surface area contributed by atoms with E-state index in [4.69, 9.17) is 9.47 Å². The van der Waals surface area contributed by atoms with Gasteiger partial charge < -0.3 is 14.0 Å². The van der Waals surface area contributed by atoms with Gasteiger partial charge in [0.05, 0.1) is 0 Å². The molecule has 8 nitrogen and oxygen atoms in total. The Hall–Kier alpha value is -2.46. The second-order valence-corrected chi connectivity index (χ2v) is 8.05. The zero-order valence-corrected chi connectivity index (χ0v) is 17.7. The van der Waals surface area contributed by atoms with Gasteiger partial charge in [0, 0.05) is 30.9 Å². The lowest BCUT2D eigenvalue weighted by atomic mass is 10.2. The van der Waals surface area contributed by atoms with Crippen molar-refractivity contribution in [3.8, 4) is 11.5 Å². The molecule has 3 heterocycles. The van der Waals surface area contributed by atoms with Gasteiger partial charge in [0.15, 0.2) is 27.8 Å². The van der Waals surface area contributed by atoms with E-state index in [-0.39, 0.29) is 12.4 Å². The molecular formula is C18H17BrN4O4S. The van der Waals surface area contributed by atoms with Gasteiger partial charge in [0.2, 0.25) is 6.79 Å². The number of aromatic nitrogens is 4. The molecule has 146 valence electrons. The van der Waals surface area contributed by atoms with E-state index >= 15 is 0 Å². The number of hydrogen-bond acceptors (Lipinski definition) is 6. The van der Waals surface area contributed by atoms with E-state index in [9.17, 15) is 9.59 Å². The molecule has 1 aliphatic rings. The zero-order chi connectivity index (χ0) is 20.0. The molecule has 28 heavy (non-hydrogen) atoms. The molecule has 1 aromatic carbocycles. The van der Waals surface area contributed by atoms with Gasteiger partial charge in [-0.1, -0.05) is 33.8 Å². The maximum atomic E-state index is 12.7. The van der Waals surface area contributed by atoms with E-state index < -0.39 is 5.69 Å². The van der Waals surface area contributed by atoms with Crippen LogP contribution in [0.3, 0.4) is 0 Å². The Kier molecular flexibility index (Phi) is 4.84. The molecule has 0 saturated heterocycles. The number of benzene rings is 1. The molecule has 1 aliphatic heterocycles. The number of nitrogens with zero attached hydrogens (tertiary/aromatic N) is 4. The summed E-state index contributed by atoms with van der Waals surface area (Å²) in [6, 6.07) is 3.80. The van der Waals surface area contributed by atoms with Crippen LogP contribution >= 0.6 is 27.7 Å². The molecule has 2 aromatic heterocycles. The van der Waals surface area contributed by atoms with Gasteiger partial charge >= 0.3 is 5.69 Å². The van der Waals surface area contributed by atoms with E-state index in [1.54, 1.807) is 17.7 Å². The number of imidazole rings is 1. The van der Waals surface area contributed by atoms with Gasteiger partial charge in [0.1, 0.15) is 0 Å². The molecule has 0 N–H and O–H groups in total. The average molecular weight is 465 g/mol. The Bertz CT molecular complexity index is 1230. The first-order valence-corrected chi connectivity index (χ1v) is 10.2. The Labute approximate surface area is 172 Å². The van der Waals surface area contributed by atoms with Crippen molar-refractivity contribution in [3.63, 3.8) is 0 Å². The highest BCUT2D eigenvalue weighted by atomic mass is 79.9. The first kappa shape index (κ1) is 18.9. The third-order valence-electron chi connectivity index (χ3n) is 4.52. The molecule has 0 atom stereocenters. The molecule has 0 radical (unpaired) electrons. The van der Waals surface area contributed by atoms with Gasteiger partial charge in [-0.25, -0.2) is 9.78 Å². The number of hydrogen-bond donors (Lipinski definition) is 0. The number of rotatable bonds is 5. The van der Waals surface area contributed by atoms with E-state index in [1.165, 1.54) is 23.4 Å². The number of fused-ring (bicyclic) bond motifs is 2. The second-order valence-electron chi connectivity index (χ2n) is 6.26. The minimum Gasteiger partial charge on any atom is -0.454 e. The van der Waals surface area contributed by atoms with E-state index in [1.807, 2.05) is 12.1 Å². The van der Waals surface area contributed by atoms with Crippen molar-refractivity contribution in [2.45, 2.75) is 17.5 Å². The summed E-state index contributed by atoms with van der Waals surface area (Å²) >= 11 is 5.03. The van der Waals surface area contributed by atoms with Crippen LogP contribution in [0, 0.1) is 0 Å². The third-order valence-corrected chi connectivity index (χ3v) is 6.29. The van der Waals surface area contributed by atoms with Crippen LogP contribution in [0.2, 0.25) is 0 Å². The predicted octanol–water partition coefficient (Wildman–Crippen LogP) is 2.40. The molecule has 0 saturated carbocycles. The quantitative estimate of drug-likeness (QED) is 0.426. The number of aryl methyl sites for hydroxylation is 1. The summed E-state index contributed by atoms with van der Waals surface area (Å²) in [5.41, 5.74) is 0.978. The van der Waals surface area contributed by atoms with Crippen molar-refractivity contribution in [1.82, 2.24) is 18.7 Å². The maximum Gasteiger partial charge on any atom is 0.332 e. The smallest absolute Gasteiger partial charge is 0.332 e. The van der Waals surface area contributed by atoms with Crippen LogP contribution in [-0.4, -0.2) is 25.5 Å². The maximum absolute atomic E-state index is 12.7. The van der Waals surface area contributed by atoms with Crippen LogP contribution in [0.4, 0.5) is 0 Å². The summed E-state index contributed by atoms with van der Waals surface area (Å²) in [7, 11) is 3.07. The Morgan fingerprint density at radius 2 is 1.96 bits per heavy atom. The lowest BCUT2D eigenvalue weighted by Gasteiger charge is -2.08. The highest BCUT2D eigenvalue weighted by Crippen LogP contribution is 2.39. The minimum atomic E-state index is -0.407. The van der Waals surface area contributed by atoms with Crippen molar-refractivity contribution in [3.05, 3.63) is 55.7 Å². The van der Waals surface area contributed by atoms with Crippen LogP contribution in [-0.2, 0) is 26.4 Å². The SMILES string of the molecule is C=CCn1c(SCc2cc3c(cc2Br)OCO3)nc2c1c(=O)n(C)c(=O)n2C. The fraction of sp³-hybridized carbons (Fsp3) is 0.278. The summed E-state index contributed by atoms with van der Waals surface area (Å²) in [6.07, 6.45) is 1.70. The fourth-order valence-corrected chi connectivity index (χ4v) is 4.69. The third kappa shape index (κ3) is 2.96. The number of thioether (sulfide) groups is 1. The minimum absolute atomic E-state index is 0.213. The predicted molar refractivity (Wildman–Crippen MR) is 110 cm³/mol. The van der Waals surface area contributed by atoms with Crippen LogP contribution in [0.5, 0.6) is 11.5 Å². The number of ether oxygens (including phenoxy) is 2. The second kappa shape index (κ2) is 7.17. The normalized spacial score (nSPS) is 12.7. The monoisotopic (exact) mass is 464 g/mol. The first-order valence-electron chi connectivity index (χ1n) is 8.40. The van der Waals surface area contributed by atoms with Gasteiger partial charge in [-0.3, -0.25) is 13.9 Å². The summed E-state index contributed by atoms with van der Waals surface area (Å²) in [4.78, 5) is 29.5. The van der Waals surface area contributed by atoms with Crippen LogP contribution < -0.4 is 20.7 Å². The summed E-state index contributed by atoms with van der Waals surface area (Å²) in [6.45, 7) is 4.40. The molecule has 4 rings (SSSR count). The van der Waals surface area contributed by atoms with Crippen molar-refractivity contribution in [2.24, 2.45) is 14.1 Å². The Morgan fingerprint density at radius 3 is 2.68 bits per heavy atom. The van der Waals surface area contributed by atoms with Gasteiger partial charge in [-0.2, -0.15) is 0 Å². The molecule has 0 aliphatic carbocycles. The number of halogens is 1. The number of allylic oxidation sites excluding steroid dienone is 1.